The maximum absolute atomic E-state index is 12.3. The Morgan fingerprint density at radius 1 is 1.04 bits per heavy atom. The first-order valence-electron chi connectivity index (χ1n) is 8.46. The monoisotopic (exact) mass is 341 g/mol. The van der Waals surface area contributed by atoms with Gasteiger partial charge in [0.15, 0.2) is 6.61 Å². The number of hydrogen-bond donors (Lipinski definition) is 1. The summed E-state index contributed by atoms with van der Waals surface area (Å²) in [6.07, 6.45) is 0. The normalized spacial score (nSPS) is 11.8. The van der Waals surface area contributed by atoms with E-state index in [2.05, 4.69) is 17.4 Å². The minimum absolute atomic E-state index is 0.0107. The summed E-state index contributed by atoms with van der Waals surface area (Å²) in [6, 6.07) is 9.89. The van der Waals surface area contributed by atoms with Crippen molar-refractivity contribution >= 4 is 5.91 Å². The number of rotatable bonds is 6. The Labute approximate surface area is 150 Å². The van der Waals surface area contributed by atoms with Gasteiger partial charge in [0, 0.05) is 5.56 Å². The van der Waals surface area contributed by atoms with Gasteiger partial charge in [0.2, 0.25) is 0 Å². The first kappa shape index (κ1) is 18.8. The lowest BCUT2D eigenvalue weighted by atomic mass is 10.0. The van der Waals surface area contributed by atoms with Crippen LogP contribution < -0.4 is 14.8 Å². The number of ether oxygens (including phenoxy) is 2. The number of aryl methyl sites for hydroxylation is 4. The molecular weight excluding hydrogens is 314 g/mol. The molecule has 4 heteroatoms. The number of hydrogen-bond acceptors (Lipinski definition) is 3. The van der Waals surface area contributed by atoms with E-state index in [1.54, 1.807) is 7.11 Å². The molecule has 0 heterocycles. The van der Waals surface area contributed by atoms with E-state index in [1.807, 2.05) is 52.8 Å². The summed E-state index contributed by atoms with van der Waals surface area (Å²) in [5, 5.41) is 2.97. The number of methoxy groups -OCH3 is 1. The van der Waals surface area contributed by atoms with Crippen molar-refractivity contribution < 1.29 is 14.3 Å². The molecule has 0 spiro atoms. The highest BCUT2D eigenvalue weighted by molar-refractivity contribution is 5.78. The lowest BCUT2D eigenvalue weighted by Gasteiger charge is -2.19. The zero-order valence-electron chi connectivity index (χ0n) is 15.9. The van der Waals surface area contributed by atoms with Gasteiger partial charge in [-0.3, -0.25) is 4.79 Å². The fourth-order valence-electron chi connectivity index (χ4n) is 3.09. The van der Waals surface area contributed by atoms with Crippen LogP contribution in [-0.4, -0.2) is 19.6 Å². The van der Waals surface area contributed by atoms with Crippen molar-refractivity contribution in [1.82, 2.24) is 5.32 Å². The van der Waals surface area contributed by atoms with E-state index in [-0.39, 0.29) is 18.6 Å². The van der Waals surface area contributed by atoms with E-state index in [0.29, 0.717) is 0 Å². The van der Waals surface area contributed by atoms with Gasteiger partial charge in [-0.1, -0.05) is 35.4 Å². The van der Waals surface area contributed by atoms with Crippen LogP contribution in [0.5, 0.6) is 11.5 Å². The van der Waals surface area contributed by atoms with Gasteiger partial charge in [-0.05, 0) is 51.8 Å². The highest BCUT2D eigenvalue weighted by Gasteiger charge is 2.15. The Bertz CT molecular complexity index is 745. The molecule has 0 aliphatic carbocycles. The molecule has 0 saturated carbocycles. The molecule has 0 aliphatic heterocycles. The predicted octanol–water partition coefficient (Wildman–Crippen LogP) is 4.19. The van der Waals surface area contributed by atoms with Crippen LogP contribution >= 0.6 is 0 Å². The molecule has 4 nitrogen and oxygen atoms in total. The highest BCUT2D eigenvalue weighted by Crippen LogP contribution is 2.27. The average molecular weight is 341 g/mol. The van der Waals surface area contributed by atoms with Gasteiger partial charge in [0.05, 0.1) is 13.2 Å². The fourth-order valence-corrected chi connectivity index (χ4v) is 3.09. The summed E-state index contributed by atoms with van der Waals surface area (Å²) < 4.78 is 11.2. The first-order valence-corrected chi connectivity index (χ1v) is 8.46. The van der Waals surface area contributed by atoms with Crippen LogP contribution in [0.3, 0.4) is 0 Å². The molecule has 0 saturated heterocycles. The third-order valence-electron chi connectivity index (χ3n) is 4.18. The highest BCUT2D eigenvalue weighted by atomic mass is 16.5. The van der Waals surface area contributed by atoms with E-state index in [9.17, 15) is 4.79 Å². The van der Waals surface area contributed by atoms with Crippen molar-refractivity contribution in [2.75, 3.05) is 13.7 Å². The molecule has 0 fully saturated rings. The second kappa shape index (κ2) is 8.06. The summed E-state index contributed by atoms with van der Waals surface area (Å²) in [6.45, 7) is 9.98. The Morgan fingerprint density at radius 3 is 2.28 bits per heavy atom. The smallest absolute Gasteiger partial charge is 0.258 e. The predicted molar refractivity (Wildman–Crippen MR) is 100 cm³/mol. The molecule has 0 bridgehead atoms. The standard InChI is InChI=1S/C21H27NO3/c1-13-7-8-19(24-6)18(11-13)17(5)22-20(23)12-25-21-15(3)9-14(2)10-16(21)4/h7-11,17H,12H2,1-6H3,(H,22,23)/t17-/m0/s1. The summed E-state index contributed by atoms with van der Waals surface area (Å²) in [5.74, 6) is 1.39. The zero-order valence-corrected chi connectivity index (χ0v) is 15.9. The number of benzene rings is 2. The summed E-state index contributed by atoms with van der Waals surface area (Å²) in [4.78, 5) is 12.3. The van der Waals surface area contributed by atoms with Crippen LogP contribution in [0.15, 0.2) is 30.3 Å². The van der Waals surface area contributed by atoms with E-state index in [0.717, 1.165) is 33.8 Å². The molecule has 1 N–H and O–H groups in total. The van der Waals surface area contributed by atoms with E-state index in [4.69, 9.17) is 9.47 Å². The quantitative estimate of drug-likeness (QED) is 0.857. The second-order valence-electron chi connectivity index (χ2n) is 6.55. The molecule has 0 radical (unpaired) electrons. The van der Waals surface area contributed by atoms with Crippen LogP contribution in [0, 0.1) is 27.7 Å². The minimum atomic E-state index is -0.161. The molecule has 2 aromatic carbocycles. The molecule has 134 valence electrons. The van der Waals surface area contributed by atoms with Gasteiger partial charge in [0.1, 0.15) is 11.5 Å². The lowest BCUT2D eigenvalue weighted by molar-refractivity contribution is -0.123. The molecule has 25 heavy (non-hydrogen) atoms. The molecule has 1 atom stereocenters. The fraction of sp³-hybridized carbons (Fsp3) is 0.381. The van der Waals surface area contributed by atoms with Crippen LogP contribution in [-0.2, 0) is 4.79 Å². The van der Waals surface area contributed by atoms with Crippen molar-refractivity contribution in [2.24, 2.45) is 0 Å². The second-order valence-corrected chi connectivity index (χ2v) is 6.55. The van der Waals surface area contributed by atoms with E-state index < -0.39 is 0 Å². The van der Waals surface area contributed by atoms with E-state index >= 15 is 0 Å². The number of nitrogens with one attached hydrogen (secondary N) is 1. The summed E-state index contributed by atoms with van der Waals surface area (Å²) >= 11 is 0. The third-order valence-corrected chi connectivity index (χ3v) is 4.18. The molecular formula is C21H27NO3. The van der Waals surface area contributed by atoms with Crippen molar-refractivity contribution in [3.05, 3.63) is 58.1 Å². The lowest BCUT2D eigenvalue weighted by Crippen LogP contribution is -2.31. The number of amides is 1. The molecule has 2 aromatic rings. The van der Waals surface area contributed by atoms with E-state index in [1.165, 1.54) is 5.56 Å². The number of carbonyl (C=O) groups excluding carboxylic acids is 1. The maximum atomic E-state index is 12.3. The zero-order chi connectivity index (χ0) is 18.6. The van der Waals surface area contributed by atoms with Gasteiger partial charge < -0.3 is 14.8 Å². The van der Waals surface area contributed by atoms with Crippen molar-refractivity contribution in [3.8, 4) is 11.5 Å². The van der Waals surface area contributed by atoms with Gasteiger partial charge >= 0.3 is 0 Å². The Morgan fingerprint density at radius 2 is 1.68 bits per heavy atom. The van der Waals surface area contributed by atoms with Crippen molar-refractivity contribution in [3.63, 3.8) is 0 Å². The van der Waals surface area contributed by atoms with Gasteiger partial charge in [0.25, 0.3) is 5.91 Å². The minimum Gasteiger partial charge on any atom is -0.496 e. The summed E-state index contributed by atoms with van der Waals surface area (Å²) in [5.41, 5.74) is 5.35. The van der Waals surface area contributed by atoms with Crippen molar-refractivity contribution in [1.29, 1.82) is 0 Å². The Hall–Kier alpha value is -2.49. The van der Waals surface area contributed by atoms with Gasteiger partial charge in [-0.2, -0.15) is 0 Å². The largest absolute Gasteiger partial charge is 0.496 e. The van der Waals surface area contributed by atoms with Gasteiger partial charge in [-0.15, -0.1) is 0 Å². The first-order chi connectivity index (χ1) is 11.8. The molecule has 0 aliphatic rings. The molecule has 0 unspecified atom stereocenters. The maximum Gasteiger partial charge on any atom is 0.258 e. The van der Waals surface area contributed by atoms with Crippen LogP contribution in [0.4, 0.5) is 0 Å². The number of carbonyl (C=O) groups is 1. The third kappa shape index (κ3) is 4.75. The SMILES string of the molecule is COc1ccc(C)cc1[C@H](C)NC(=O)COc1c(C)cc(C)cc1C. The summed E-state index contributed by atoms with van der Waals surface area (Å²) in [7, 11) is 1.63. The van der Waals surface area contributed by atoms with Crippen LogP contribution in [0.25, 0.3) is 0 Å². The molecule has 1 amide bonds. The van der Waals surface area contributed by atoms with Crippen LogP contribution in [0.2, 0.25) is 0 Å². The topological polar surface area (TPSA) is 47.6 Å². The molecule has 2 rings (SSSR count). The average Bonchev–Trinajstić information content (AvgIpc) is 2.53. The Kier molecular flexibility index (Phi) is 6.07. The van der Waals surface area contributed by atoms with Crippen molar-refractivity contribution in [2.45, 2.75) is 40.7 Å². The Balaban J connectivity index is 2.02. The van der Waals surface area contributed by atoms with Crippen LogP contribution in [0.1, 0.15) is 40.8 Å². The van der Waals surface area contributed by atoms with Gasteiger partial charge in [-0.25, -0.2) is 0 Å². The molecule has 0 aromatic heterocycles.